The van der Waals surface area contributed by atoms with Crippen LogP contribution in [0.4, 0.5) is 18.0 Å². The summed E-state index contributed by atoms with van der Waals surface area (Å²) in [7, 11) is 3.71. The third-order valence-electron chi connectivity index (χ3n) is 7.51. The zero-order valence-corrected chi connectivity index (χ0v) is 20.0. The lowest BCUT2D eigenvalue weighted by atomic mass is 9.90. The van der Waals surface area contributed by atoms with Gasteiger partial charge in [0.25, 0.3) is 0 Å². The second kappa shape index (κ2) is 9.82. The zero-order valence-electron chi connectivity index (χ0n) is 20.0. The van der Waals surface area contributed by atoms with Gasteiger partial charge in [0.15, 0.2) is 0 Å². The summed E-state index contributed by atoms with van der Waals surface area (Å²) in [5.74, 6) is -1.04. The van der Waals surface area contributed by atoms with Gasteiger partial charge in [0, 0.05) is 37.8 Å². The summed E-state index contributed by atoms with van der Waals surface area (Å²) in [5.41, 5.74) is 0.802. The fourth-order valence-electron chi connectivity index (χ4n) is 5.20. The van der Waals surface area contributed by atoms with Gasteiger partial charge in [-0.05, 0) is 68.6 Å². The number of hydrogen-bond acceptors (Lipinski definition) is 2. The summed E-state index contributed by atoms with van der Waals surface area (Å²) in [6.07, 6.45) is 4.02. The largest absolute Gasteiger partial charge is 0.325 e. The Kier molecular flexibility index (Phi) is 7.03. The summed E-state index contributed by atoms with van der Waals surface area (Å²) in [6.45, 7) is 2.41. The van der Waals surface area contributed by atoms with Gasteiger partial charge in [-0.25, -0.2) is 18.0 Å². The Morgan fingerprint density at radius 3 is 2.56 bits per heavy atom. The second-order valence-corrected chi connectivity index (χ2v) is 9.60. The van der Waals surface area contributed by atoms with Gasteiger partial charge >= 0.3 is 6.03 Å². The molecule has 4 nitrogen and oxygen atoms in total. The molecular weight excluding hydrogens is 439 g/mol. The van der Waals surface area contributed by atoms with Crippen molar-refractivity contribution in [1.29, 1.82) is 0 Å². The van der Waals surface area contributed by atoms with E-state index in [2.05, 4.69) is 0 Å². The number of nitrogens with zero attached hydrogens (tertiary/aromatic N) is 3. The molecule has 1 fully saturated rings. The molecule has 2 aliphatic heterocycles. The molecular formula is C27H32F3N3O. The third-order valence-corrected chi connectivity index (χ3v) is 7.51. The van der Waals surface area contributed by atoms with Crippen molar-refractivity contribution in [3.63, 3.8) is 0 Å². The monoisotopic (exact) mass is 471 g/mol. The van der Waals surface area contributed by atoms with Crippen LogP contribution in [0.3, 0.4) is 0 Å². The Bertz CT molecular complexity index is 1060. The van der Waals surface area contributed by atoms with Gasteiger partial charge in [0.05, 0.1) is 5.54 Å². The van der Waals surface area contributed by atoms with Crippen molar-refractivity contribution in [1.82, 2.24) is 14.7 Å². The predicted octanol–water partition coefficient (Wildman–Crippen LogP) is 5.45. The first kappa shape index (κ1) is 24.3. The molecule has 2 unspecified atom stereocenters. The van der Waals surface area contributed by atoms with Crippen LogP contribution in [0.1, 0.15) is 37.3 Å². The maximum Gasteiger partial charge on any atom is 0.321 e. The SMILES string of the molecule is CN1CCC(N(C)C(=O)N2CC(c3cc(F)ccc3F)=C[C@@]2(C)c2ccccc2)CCC1CF. The number of alkyl halides is 1. The first-order valence-electron chi connectivity index (χ1n) is 11.8. The van der Waals surface area contributed by atoms with E-state index in [9.17, 15) is 18.0 Å². The number of benzene rings is 2. The summed E-state index contributed by atoms with van der Waals surface area (Å²) in [4.78, 5) is 19.4. The van der Waals surface area contributed by atoms with E-state index in [0.717, 1.165) is 30.5 Å². The standard InChI is InChI=1S/C27H32F3N3O/c1-27(20-7-5-4-6-8-20)16-19(24-15-21(29)9-12-25(24)30)18-33(27)26(34)32(3)22-10-11-23(17-28)31(2)14-13-22/h4-9,12,15-16,22-23H,10-11,13-14,17-18H2,1-3H3/t22?,23?,27-/m0/s1. The van der Waals surface area contributed by atoms with Crippen LogP contribution in [0, 0.1) is 11.6 Å². The van der Waals surface area contributed by atoms with Crippen LogP contribution in [-0.2, 0) is 5.54 Å². The van der Waals surface area contributed by atoms with Crippen LogP contribution >= 0.6 is 0 Å². The van der Waals surface area contributed by atoms with Gasteiger partial charge in [0.1, 0.15) is 18.3 Å². The Morgan fingerprint density at radius 2 is 1.85 bits per heavy atom. The first-order valence-corrected chi connectivity index (χ1v) is 11.8. The lowest BCUT2D eigenvalue weighted by molar-refractivity contribution is 0.119. The number of likely N-dealkylation sites (tertiary alicyclic amines) is 1. The highest BCUT2D eigenvalue weighted by atomic mass is 19.1. The molecule has 0 saturated carbocycles. The fourth-order valence-corrected chi connectivity index (χ4v) is 5.20. The highest BCUT2D eigenvalue weighted by molar-refractivity contribution is 5.83. The quantitative estimate of drug-likeness (QED) is 0.593. The van der Waals surface area contributed by atoms with Gasteiger partial charge < -0.3 is 14.7 Å². The van der Waals surface area contributed by atoms with Crippen molar-refractivity contribution >= 4 is 11.6 Å². The van der Waals surface area contributed by atoms with Crippen LogP contribution < -0.4 is 0 Å². The molecule has 182 valence electrons. The Morgan fingerprint density at radius 1 is 1.12 bits per heavy atom. The molecule has 2 aliphatic rings. The molecule has 34 heavy (non-hydrogen) atoms. The summed E-state index contributed by atoms with van der Waals surface area (Å²) in [5, 5.41) is 0. The Labute approximate surface area is 199 Å². The molecule has 3 atom stereocenters. The lowest BCUT2D eigenvalue weighted by Crippen LogP contribution is -2.51. The number of carbonyl (C=O) groups excluding carboxylic acids is 1. The van der Waals surface area contributed by atoms with Crippen LogP contribution in [0.25, 0.3) is 5.57 Å². The van der Waals surface area contributed by atoms with Crippen molar-refractivity contribution in [2.75, 3.05) is 33.9 Å². The lowest BCUT2D eigenvalue weighted by Gasteiger charge is -2.40. The Hall–Kier alpha value is -2.80. The van der Waals surface area contributed by atoms with E-state index in [1.165, 1.54) is 6.07 Å². The van der Waals surface area contributed by atoms with Crippen molar-refractivity contribution < 1.29 is 18.0 Å². The summed E-state index contributed by atoms with van der Waals surface area (Å²) < 4.78 is 42.0. The molecule has 4 rings (SSSR count). The van der Waals surface area contributed by atoms with E-state index >= 15 is 0 Å². The molecule has 2 heterocycles. The number of halogens is 3. The predicted molar refractivity (Wildman–Crippen MR) is 128 cm³/mol. The minimum absolute atomic E-state index is 0.0264. The smallest absolute Gasteiger partial charge is 0.321 e. The second-order valence-electron chi connectivity index (χ2n) is 9.60. The first-order chi connectivity index (χ1) is 16.2. The van der Waals surface area contributed by atoms with Crippen LogP contribution in [0.15, 0.2) is 54.6 Å². The van der Waals surface area contributed by atoms with E-state index in [1.54, 1.807) is 16.8 Å². The summed E-state index contributed by atoms with van der Waals surface area (Å²) in [6, 6.07) is 12.6. The maximum absolute atomic E-state index is 14.6. The molecule has 2 amide bonds. The molecule has 7 heteroatoms. The van der Waals surface area contributed by atoms with Gasteiger partial charge in [-0.15, -0.1) is 0 Å². The van der Waals surface area contributed by atoms with E-state index in [0.29, 0.717) is 18.5 Å². The number of carbonyl (C=O) groups is 1. The molecule has 0 N–H and O–H groups in total. The number of urea groups is 1. The van der Waals surface area contributed by atoms with Crippen molar-refractivity contribution in [2.45, 2.75) is 43.8 Å². The highest BCUT2D eigenvalue weighted by Gasteiger charge is 2.43. The number of rotatable bonds is 4. The van der Waals surface area contributed by atoms with Crippen molar-refractivity contribution in [2.24, 2.45) is 0 Å². The minimum Gasteiger partial charge on any atom is -0.325 e. The minimum atomic E-state index is -0.830. The molecule has 0 bridgehead atoms. The molecule has 2 aromatic rings. The van der Waals surface area contributed by atoms with Crippen LogP contribution in [-0.4, -0.2) is 66.7 Å². The number of hydrogen-bond donors (Lipinski definition) is 0. The van der Waals surface area contributed by atoms with Crippen molar-refractivity contribution in [3.8, 4) is 0 Å². The van der Waals surface area contributed by atoms with Crippen LogP contribution in [0.2, 0.25) is 0 Å². The topological polar surface area (TPSA) is 26.8 Å². The Balaban J connectivity index is 1.66. The van der Waals surface area contributed by atoms with Crippen molar-refractivity contribution in [3.05, 3.63) is 77.4 Å². The molecule has 0 radical (unpaired) electrons. The highest BCUT2D eigenvalue weighted by Crippen LogP contribution is 2.41. The molecule has 0 aliphatic carbocycles. The molecule has 0 spiro atoms. The van der Waals surface area contributed by atoms with Gasteiger partial charge in [-0.2, -0.15) is 0 Å². The van der Waals surface area contributed by atoms with E-state index in [1.807, 2.05) is 55.3 Å². The molecule has 1 saturated heterocycles. The van der Waals surface area contributed by atoms with Gasteiger partial charge in [0.2, 0.25) is 0 Å². The summed E-state index contributed by atoms with van der Waals surface area (Å²) >= 11 is 0. The zero-order chi connectivity index (χ0) is 24.5. The average molecular weight is 472 g/mol. The normalized spacial score (nSPS) is 25.7. The van der Waals surface area contributed by atoms with Crippen LogP contribution in [0.5, 0.6) is 0 Å². The maximum atomic E-state index is 14.6. The van der Waals surface area contributed by atoms with E-state index < -0.39 is 23.8 Å². The van der Waals surface area contributed by atoms with Gasteiger partial charge in [-0.1, -0.05) is 30.3 Å². The van der Waals surface area contributed by atoms with E-state index in [-0.39, 0.29) is 30.2 Å². The molecule has 2 aromatic carbocycles. The third kappa shape index (κ3) is 4.58. The fraction of sp³-hybridized carbons (Fsp3) is 0.444. The van der Waals surface area contributed by atoms with E-state index in [4.69, 9.17) is 0 Å². The average Bonchev–Trinajstić information content (AvgIpc) is 3.09. The number of amides is 2. The van der Waals surface area contributed by atoms with Gasteiger partial charge in [-0.3, -0.25) is 0 Å². The molecule has 0 aromatic heterocycles.